The molecule has 0 saturated carbocycles. The molecule has 0 aromatic carbocycles. The second-order valence-electron chi connectivity index (χ2n) is 1.35. The highest BCUT2D eigenvalue weighted by Crippen LogP contribution is 1.54. The molecule has 0 atom stereocenters. The SMILES string of the molecule is O=C([O-])CNCC(=O)[O-]. The molecule has 5 nitrogen and oxygen atoms in total. The van der Waals surface area contributed by atoms with Gasteiger partial charge in [-0.15, -0.1) is 0 Å². The lowest BCUT2D eigenvalue weighted by Gasteiger charge is -2.04. The summed E-state index contributed by atoms with van der Waals surface area (Å²) in [6.45, 7) is -0.929. The van der Waals surface area contributed by atoms with Crippen molar-refractivity contribution in [2.24, 2.45) is 0 Å². The summed E-state index contributed by atoms with van der Waals surface area (Å²) in [6, 6.07) is 0. The highest BCUT2D eigenvalue weighted by molar-refractivity contribution is 5.70. The Balaban J connectivity index is 3.10. The third-order valence-corrected chi connectivity index (χ3v) is 0.539. The van der Waals surface area contributed by atoms with E-state index in [-0.39, 0.29) is 0 Å². The highest BCUT2D eigenvalue weighted by atomic mass is 16.4. The smallest absolute Gasteiger partial charge is 0.0552 e. The topological polar surface area (TPSA) is 92.3 Å². The molecule has 0 unspecified atom stereocenters. The molecule has 0 aromatic rings. The van der Waals surface area contributed by atoms with Gasteiger partial charge < -0.3 is 25.1 Å². The summed E-state index contributed by atoms with van der Waals surface area (Å²) in [6.07, 6.45) is 0. The van der Waals surface area contributed by atoms with Gasteiger partial charge in [0.1, 0.15) is 0 Å². The fourth-order valence-electron chi connectivity index (χ4n) is 0.267. The molecule has 0 rings (SSSR count). The molecule has 1 N–H and O–H groups in total. The van der Waals surface area contributed by atoms with Gasteiger partial charge in [-0.05, 0) is 0 Å². The Labute approximate surface area is 51.3 Å². The van der Waals surface area contributed by atoms with Gasteiger partial charge in [0.15, 0.2) is 0 Å². The number of rotatable bonds is 4. The fraction of sp³-hybridized carbons (Fsp3) is 0.500. The molecule has 0 heterocycles. The van der Waals surface area contributed by atoms with E-state index < -0.39 is 25.0 Å². The molecule has 0 bridgehead atoms. The van der Waals surface area contributed by atoms with Crippen LogP contribution in [0.1, 0.15) is 0 Å². The Bertz CT molecular complexity index is 108. The van der Waals surface area contributed by atoms with Gasteiger partial charge in [0, 0.05) is 13.1 Å². The summed E-state index contributed by atoms with van der Waals surface area (Å²) in [7, 11) is 0. The van der Waals surface area contributed by atoms with Crippen LogP contribution in [0.4, 0.5) is 0 Å². The maximum atomic E-state index is 9.59. The molecule has 0 fully saturated rings. The molecule has 0 aliphatic heterocycles. The lowest BCUT2D eigenvalue weighted by atomic mass is 10.6. The quantitative estimate of drug-likeness (QED) is 0.420. The molecule has 0 aliphatic carbocycles. The standard InChI is InChI=1S/C4H7NO4/c6-3(7)1-5-2-4(8)9/h5H,1-2H2,(H,6,7)(H,8,9)/p-2. The largest absolute Gasteiger partial charge is 0.549 e. The molecule has 52 valence electrons. The number of nitrogens with one attached hydrogen (secondary N) is 1. The zero-order valence-corrected chi connectivity index (χ0v) is 4.55. The first-order chi connectivity index (χ1) is 4.13. The fourth-order valence-corrected chi connectivity index (χ4v) is 0.267. The Kier molecular flexibility index (Phi) is 3.38. The number of aliphatic carboxylic acids is 2. The van der Waals surface area contributed by atoms with E-state index in [1.54, 1.807) is 0 Å². The van der Waals surface area contributed by atoms with Crippen molar-refractivity contribution in [1.29, 1.82) is 0 Å². The van der Waals surface area contributed by atoms with Crippen molar-refractivity contribution in [3.05, 3.63) is 0 Å². The first-order valence-corrected chi connectivity index (χ1v) is 2.23. The van der Waals surface area contributed by atoms with Gasteiger partial charge in [-0.1, -0.05) is 0 Å². The summed E-state index contributed by atoms with van der Waals surface area (Å²) in [5.41, 5.74) is 0. The van der Waals surface area contributed by atoms with Crippen LogP contribution in [0.25, 0.3) is 0 Å². The van der Waals surface area contributed by atoms with Crippen LogP contribution in [0.2, 0.25) is 0 Å². The van der Waals surface area contributed by atoms with Gasteiger partial charge in [0.05, 0.1) is 11.9 Å². The predicted molar refractivity (Wildman–Crippen MR) is 22.9 cm³/mol. The van der Waals surface area contributed by atoms with Crippen LogP contribution < -0.4 is 15.5 Å². The summed E-state index contributed by atoms with van der Waals surface area (Å²) in [5.74, 6) is -2.67. The molecule has 0 spiro atoms. The minimum atomic E-state index is -1.34. The number of carboxylic acid groups (broad SMARTS) is 2. The number of hydrogen-bond acceptors (Lipinski definition) is 5. The Morgan fingerprint density at radius 3 is 1.67 bits per heavy atom. The van der Waals surface area contributed by atoms with E-state index in [0.717, 1.165) is 0 Å². The minimum absolute atomic E-state index is 0.464. The highest BCUT2D eigenvalue weighted by Gasteiger charge is 1.84. The summed E-state index contributed by atoms with van der Waals surface area (Å²) >= 11 is 0. The number of carboxylic acids is 2. The van der Waals surface area contributed by atoms with E-state index in [1.807, 2.05) is 0 Å². The van der Waals surface area contributed by atoms with Gasteiger partial charge in [0.2, 0.25) is 0 Å². The Morgan fingerprint density at radius 2 is 1.44 bits per heavy atom. The van der Waals surface area contributed by atoms with Crippen LogP contribution >= 0.6 is 0 Å². The van der Waals surface area contributed by atoms with Crippen molar-refractivity contribution in [3.8, 4) is 0 Å². The van der Waals surface area contributed by atoms with E-state index in [1.165, 1.54) is 0 Å². The normalized spacial score (nSPS) is 8.89. The molecule has 9 heavy (non-hydrogen) atoms. The van der Waals surface area contributed by atoms with Gasteiger partial charge in [-0.2, -0.15) is 0 Å². The molecule has 0 aliphatic rings. The molecular weight excluding hydrogens is 126 g/mol. The average Bonchev–Trinajstić information content (AvgIpc) is 1.63. The number of carbonyl (C=O) groups is 2. The summed E-state index contributed by atoms with van der Waals surface area (Å²) < 4.78 is 0. The first kappa shape index (κ1) is 7.90. The van der Waals surface area contributed by atoms with Gasteiger partial charge >= 0.3 is 0 Å². The van der Waals surface area contributed by atoms with Crippen LogP contribution in [0.5, 0.6) is 0 Å². The third kappa shape index (κ3) is 6.90. The molecular formula is C4H5NO4-2. The van der Waals surface area contributed by atoms with Crippen molar-refractivity contribution < 1.29 is 19.8 Å². The van der Waals surface area contributed by atoms with Crippen molar-refractivity contribution in [2.75, 3.05) is 13.1 Å². The average molecular weight is 131 g/mol. The van der Waals surface area contributed by atoms with Crippen molar-refractivity contribution in [2.45, 2.75) is 0 Å². The molecule has 0 radical (unpaired) electrons. The second kappa shape index (κ2) is 3.85. The monoisotopic (exact) mass is 131 g/mol. The van der Waals surface area contributed by atoms with E-state index >= 15 is 0 Å². The predicted octanol–water partition coefficient (Wildman–Crippen LogP) is -3.92. The van der Waals surface area contributed by atoms with Crippen LogP contribution in [-0.4, -0.2) is 25.0 Å². The van der Waals surface area contributed by atoms with E-state index in [2.05, 4.69) is 5.32 Å². The number of hydrogen-bond donors (Lipinski definition) is 1. The van der Waals surface area contributed by atoms with Crippen LogP contribution in [-0.2, 0) is 9.59 Å². The van der Waals surface area contributed by atoms with Crippen LogP contribution in [0.3, 0.4) is 0 Å². The zero-order chi connectivity index (χ0) is 7.28. The van der Waals surface area contributed by atoms with Crippen molar-refractivity contribution in [1.82, 2.24) is 5.32 Å². The van der Waals surface area contributed by atoms with Crippen LogP contribution in [0, 0.1) is 0 Å². The molecule has 0 amide bonds. The van der Waals surface area contributed by atoms with E-state index in [9.17, 15) is 19.8 Å². The van der Waals surface area contributed by atoms with E-state index in [0.29, 0.717) is 0 Å². The van der Waals surface area contributed by atoms with Crippen LogP contribution in [0.15, 0.2) is 0 Å². The van der Waals surface area contributed by atoms with Gasteiger partial charge in [-0.3, -0.25) is 0 Å². The van der Waals surface area contributed by atoms with Crippen molar-refractivity contribution in [3.63, 3.8) is 0 Å². The first-order valence-electron chi connectivity index (χ1n) is 2.23. The maximum absolute atomic E-state index is 9.59. The number of carbonyl (C=O) groups excluding carboxylic acids is 2. The lowest BCUT2D eigenvalue weighted by Crippen LogP contribution is -2.40. The van der Waals surface area contributed by atoms with Gasteiger partial charge in [0.25, 0.3) is 0 Å². The summed E-state index contributed by atoms with van der Waals surface area (Å²) in [5, 5.41) is 21.2. The van der Waals surface area contributed by atoms with Gasteiger partial charge in [-0.25, -0.2) is 0 Å². The summed E-state index contributed by atoms with van der Waals surface area (Å²) in [4.78, 5) is 19.2. The third-order valence-electron chi connectivity index (χ3n) is 0.539. The van der Waals surface area contributed by atoms with Crippen molar-refractivity contribution >= 4 is 11.9 Å². The zero-order valence-electron chi connectivity index (χ0n) is 4.55. The molecule has 0 aromatic heterocycles. The Hall–Kier alpha value is -1.10. The lowest BCUT2D eigenvalue weighted by molar-refractivity contribution is -0.305. The second-order valence-corrected chi connectivity index (χ2v) is 1.35. The molecule has 5 heteroatoms. The maximum Gasteiger partial charge on any atom is 0.0552 e. The molecule has 0 saturated heterocycles. The Morgan fingerprint density at radius 1 is 1.11 bits per heavy atom. The minimum Gasteiger partial charge on any atom is -0.549 e. The van der Waals surface area contributed by atoms with E-state index in [4.69, 9.17) is 0 Å².